The molecule has 0 heteroatoms. The monoisotopic (exact) mass is 473 g/mol. The van der Waals surface area contributed by atoms with Crippen molar-refractivity contribution in [2.75, 3.05) is 0 Å². The Balaban J connectivity index is 1.97. The molecule has 0 aliphatic heterocycles. The molecule has 4 atom stereocenters. The van der Waals surface area contributed by atoms with Crippen molar-refractivity contribution in [1.82, 2.24) is 0 Å². The van der Waals surface area contributed by atoms with E-state index in [0.717, 1.165) is 23.7 Å². The van der Waals surface area contributed by atoms with Gasteiger partial charge in [-0.3, -0.25) is 0 Å². The van der Waals surface area contributed by atoms with Crippen molar-refractivity contribution in [2.24, 2.45) is 23.7 Å². The number of rotatable bonds is 26. The van der Waals surface area contributed by atoms with E-state index in [2.05, 4.69) is 40.0 Å². The minimum absolute atomic E-state index is 0.860. The van der Waals surface area contributed by atoms with Crippen LogP contribution in [0.3, 0.4) is 0 Å². The SMILES string of the molecule is C=CCCCCCC(CCCCCCC)CCCCCCCCCCCC(C)C(C)C1CC1=C. The maximum absolute atomic E-state index is 4.16. The molecule has 34 heavy (non-hydrogen) atoms. The molecule has 0 radical (unpaired) electrons. The Morgan fingerprint density at radius 1 is 0.676 bits per heavy atom. The largest absolute Gasteiger partial charge is 0.103 e. The highest BCUT2D eigenvalue weighted by atomic mass is 14.4. The molecular formula is C34H64. The van der Waals surface area contributed by atoms with Gasteiger partial charge in [0.15, 0.2) is 0 Å². The molecule has 1 aliphatic carbocycles. The molecule has 1 fully saturated rings. The molecule has 200 valence electrons. The van der Waals surface area contributed by atoms with E-state index in [1.165, 1.54) is 153 Å². The quantitative estimate of drug-likeness (QED) is 0.0867. The molecular weight excluding hydrogens is 408 g/mol. The smallest absolute Gasteiger partial charge is 0.0140 e. The molecule has 1 aliphatic rings. The zero-order valence-corrected chi connectivity index (χ0v) is 24.1. The Bertz CT molecular complexity index is 474. The van der Waals surface area contributed by atoms with Gasteiger partial charge in [0.2, 0.25) is 0 Å². The highest BCUT2D eigenvalue weighted by Gasteiger charge is 2.34. The van der Waals surface area contributed by atoms with Crippen LogP contribution in [0.4, 0.5) is 0 Å². The topological polar surface area (TPSA) is 0 Å². The predicted octanol–water partition coefficient (Wildman–Crippen LogP) is 12.2. The average molecular weight is 473 g/mol. The van der Waals surface area contributed by atoms with Gasteiger partial charge in [0.1, 0.15) is 0 Å². The van der Waals surface area contributed by atoms with Crippen molar-refractivity contribution in [3.8, 4) is 0 Å². The van der Waals surface area contributed by atoms with Crippen LogP contribution in [-0.4, -0.2) is 0 Å². The van der Waals surface area contributed by atoms with Crippen LogP contribution in [0.15, 0.2) is 24.8 Å². The van der Waals surface area contributed by atoms with Gasteiger partial charge in [0, 0.05) is 0 Å². The summed E-state index contributed by atoms with van der Waals surface area (Å²) in [6, 6.07) is 0. The molecule has 1 saturated carbocycles. The maximum atomic E-state index is 4.16. The predicted molar refractivity (Wildman–Crippen MR) is 157 cm³/mol. The van der Waals surface area contributed by atoms with E-state index < -0.39 is 0 Å². The summed E-state index contributed by atoms with van der Waals surface area (Å²) in [5.74, 6) is 3.62. The van der Waals surface area contributed by atoms with E-state index in [-0.39, 0.29) is 0 Å². The van der Waals surface area contributed by atoms with Crippen LogP contribution in [0.2, 0.25) is 0 Å². The van der Waals surface area contributed by atoms with Gasteiger partial charge in [-0.1, -0.05) is 167 Å². The van der Waals surface area contributed by atoms with Crippen LogP contribution in [-0.2, 0) is 0 Å². The summed E-state index contributed by atoms with van der Waals surface area (Å²) in [7, 11) is 0. The molecule has 4 unspecified atom stereocenters. The molecule has 0 saturated heterocycles. The van der Waals surface area contributed by atoms with Crippen molar-refractivity contribution in [2.45, 2.75) is 168 Å². The Labute approximate surface area is 216 Å². The van der Waals surface area contributed by atoms with Gasteiger partial charge in [0.25, 0.3) is 0 Å². The summed E-state index contributed by atoms with van der Waals surface area (Å²) >= 11 is 0. The standard InChI is InChI=1S/C34H64/c1-6-8-10-17-22-26-33(27-23-18-11-9-7-2)28-24-20-16-14-12-13-15-19-21-25-30(3)32(5)34-29-31(34)4/h6,30,32-34H,1,4,7-29H2,2-3,5H3. The van der Waals surface area contributed by atoms with E-state index >= 15 is 0 Å². The molecule has 0 spiro atoms. The van der Waals surface area contributed by atoms with Gasteiger partial charge in [-0.25, -0.2) is 0 Å². The molecule has 0 nitrogen and oxygen atoms in total. The summed E-state index contributed by atoms with van der Waals surface area (Å²) in [6.45, 7) is 15.3. The normalized spacial score (nSPS) is 18.1. The average Bonchev–Trinajstić information content (AvgIpc) is 3.57. The second-order valence-corrected chi connectivity index (χ2v) is 12.1. The van der Waals surface area contributed by atoms with Crippen LogP contribution in [0.5, 0.6) is 0 Å². The number of hydrogen-bond acceptors (Lipinski definition) is 0. The van der Waals surface area contributed by atoms with Gasteiger partial charge in [0.05, 0.1) is 0 Å². The van der Waals surface area contributed by atoms with Crippen molar-refractivity contribution >= 4 is 0 Å². The first-order valence-corrected chi connectivity index (χ1v) is 15.9. The lowest BCUT2D eigenvalue weighted by molar-refractivity contribution is 0.323. The molecule has 0 aromatic rings. The lowest BCUT2D eigenvalue weighted by Crippen LogP contribution is -2.10. The lowest BCUT2D eigenvalue weighted by Gasteiger charge is -2.19. The van der Waals surface area contributed by atoms with E-state index in [1.807, 2.05) is 0 Å². The highest BCUT2D eigenvalue weighted by Crippen LogP contribution is 2.45. The Morgan fingerprint density at radius 3 is 1.53 bits per heavy atom. The summed E-state index contributed by atoms with van der Waals surface area (Å²) in [6.07, 6.45) is 35.1. The van der Waals surface area contributed by atoms with Crippen molar-refractivity contribution in [3.63, 3.8) is 0 Å². The zero-order valence-electron chi connectivity index (χ0n) is 24.1. The summed E-state index contributed by atoms with van der Waals surface area (Å²) < 4.78 is 0. The second kappa shape index (κ2) is 21.7. The fourth-order valence-corrected chi connectivity index (χ4v) is 5.95. The molecule has 0 aromatic carbocycles. The Kier molecular flexibility index (Phi) is 20.1. The zero-order chi connectivity index (χ0) is 24.9. The molecule has 0 N–H and O–H groups in total. The number of hydrogen-bond donors (Lipinski definition) is 0. The number of allylic oxidation sites excluding steroid dienone is 2. The summed E-state index contributed by atoms with van der Waals surface area (Å²) in [4.78, 5) is 0. The van der Waals surface area contributed by atoms with E-state index in [4.69, 9.17) is 0 Å². The summed E-state index contributed by atoms with van der Waals surface area (Å²) in [5, 5.41) is 0. The molecule has 1 rings (SSSR count). The highest BCUT2D eigenvalue weighted by molar-refractivity contribution is 5.20. The van der Waals surface area contributed by atoms with Gasteiger partial charge in [-0.15, -0.1) is 6.58 Å². The Hall–Kier alpha value is -0.520. The fourth-order valence-electron chi connectivity index (χ4n) is 5.95. The lowest BCUT2D eigenvalue weighted by atomic mass is 9.87. The van der Waals surface area contributed by atoms with Gasteiger partial charge >= 0.3 is 0 Å². The fraction of sp³-hybridized carbons (Fsp3) is 0.882. The molecule has 0 heterocycles. The van der Waals surface area contributed by atoms with Crippen LogP contribution in [0.25, 0.3) is 0 Å². The first-order chi connectivity index (χ1) is 16.6. The van der Waals surface area contributed by atoms with Gasteiger partial charge in [-0.05, 0) is 42.9 Å². The first kappa shape index (κ1) is 31.5. The minimum Gasteiger partial charge on any atom is -0.103 e. The van der Waals surface area contributed by atoms with Gasteiger partial charge in [-0.2, -0.15) is 0 Å². The van der Waals surface area contributed by atoms with Crippen LogP contribution in [0, 0.1) is 23.7 Å². The molecule has 0 amide bonds. The van der Waals surface area contributed by atoms with Crippen LogP contribution in [0.1, 0.15) is 168 Å². The van der Waals surface area contributed by atoms with Crippen LogP contribution >= 0.6 is 0 Å². The van der Waals surface area contributed by atoms with Crippen LogP contribution < -0.4 is 0 Å². The van der Waals surface area contributed by atoms with E-state index in [9.17, 15) is 0 Å². The minimum atomic E-state index is 0.860. The van der Waals surface area contributed by atoms with Crippen molar-refractivity contribution in [3.05, 3.63) is 24.8 Å². The summed E-state index contributed by atoms with van der Waals surface area (Å²) in [5.41, 5.74) is 1.51. The first-order valence-electron chi connectivity index (χ1n) is 15.9. The van der Waals surface area contributed by atoms with E-state index in [0.29, 0.717) is 0 Å². The van der Waals surface area contributed by atoms with Crippen molar-refractivity contribution in [1.29, 1.82) is 0 Å². The second-order valence-electron chi connectivity index (χ2n) is 12.1. The molecule has 0 aromatic heterocycles. The van der Waals surface area contributed by atoms with Crippen molar-refractivity contribution < 1.29 is 0 Å². The molecule has 0 bridgehead atoms. The third-order valence-corrected chi connectivity index (χ3v) is 8.89. The third-order valence-electron chi connectivity index (χ3n) is 8.89. The van der Waals surface area contributed by atoms with Gasteiger partial charge < -0.3 is 0 Å². The Morgan fingerprint density at radius 2 is 1.09 bits per heavy atom. The maximum Gasteiger partial charge on any atom is -0.0140 e. The number of unbranched alkanes of at least 4 members (excludes halogenated alkanes) is 15. The third kappa shape index (κ3) is 17.0. The van der Waals surface area contributed by atoms with E-state index in [1.54, 1.807) is 0 Å².